The van der Waals surface area contributed by atoms with E-state index in [1.807, 2.05) is 57.2 Å². The lowest BCUT2D eigenvalue weighted by Crippen LogP contribution is -2.56. The molecule has 3 heterocycles. The Bertz CT molecular complexity index is 976. The molecule has 30 heavy (non-hydrogen) atoms. The van der Waals surface area contributed by atoms with Crippen molar-refractivity contribution in [2.45, 2.75) is 51.7 Å². The minimum atomic E-state index is -0.913. The fraction of sp³-hybridized carbons (Fsp3) is 0.455. The predicted molar refractivity (Wildman–Crippen MR) is 110 cm³/mol. The number of hydrogen-bond acceptors (Lipinski definition) is 4. The first-order valence-corrected chi connectivity index (χ1v) is 10.3. The number of piperidine rings is 1. The second-order valence-electron chi connectivity index (χ2n) is 8.26. The average Bonchev–Trinajstić information content (AvgIpc) is 3.19. The number of amides is 4. The number of aryl methyl sites for hydroxylation is 2. The Morgan fingerprint density at radius 3 is 2.43 bits per heavy atom. The first-order valence-electron chi connectivity index (χ1n) is 10.3. The standard InChI is InChI=1S/C22H27N5O3/c1-15-13-16(2)27(24-15)17(3)19(28)25-11-9-22(10-12-25)20(29)26(21(30)23-22)14-18-7-5-4-6-8-18/h4-8,13,17H,9-12,14H2,1-3H3,(H,23,30). The van der Waals surface area contributed by atoms with Gasteiger partial charge in [-0.1, -0.05) is 30.3 Å². The summed E-state index contributed by atoms with van der Waals surface area (Å²) in [5, 5.41) is 7.32. The Morgan fingerprint density at radius 2 is 1.83 bits per heavy atom. The summed E-state index contributed by atoms with van der Waals surface area (Å²) in [7, 11) is 0. The van der Waals surface area contributed by atoms with Crippen LogP contribution in [0, 0.1) is 13.8 Å². The van der Waals surface area contributed by atoms with Gasteiger partial charge in [0.1, 0.15) is 11.6 Å². The molecule has 2 fully saturated rings. The molecule has 0 saturated carbocycles. The summed E-state index contributed by atoms with van der Waals surface area (Å²) < 4.78 is 1.74. The molecular weight excluding hydrogens is 382 g/mol. The van der Waals surface area contributed by atoms with Crippen molar-refractivity contribution in [3.05, 3.63) is 53.3 Å². The van der Waals surface area contributed by atoms with Crippen LogP contribution in [0.3, 0.4) is 0 Å². The maximum atomic E-state index is 13.1. The summed E-state index contributed by atoms with van der Waals surface area (Å²) in [4.78, 5) is 41.7. The molecule has 4 rings (SSSR count). The van der Waals surface area contributed by atoms with Crippen molar-refractivity contribution >= 4 is 17.8 Å². The van der Waals surface area contributed by atoms with E-state index in [4.69, 9.17) is 0 Å². The van der Waals surface area contributed by atoms with Crippen molar-refractivity contribution < 1.29 is 14.4 Å². The van der Waals surface area contributed by atoms with E-state index in [1.165, 1.54) is 4.90 Å². The molecule has 4 amide bonds. The van der Waals surface area contributed by atoms with Crippen LogP contribution in [0.5, 0.6) is 0 Å². The third-order valence-electron chi connectivity index (χ3n) is 6.13. The summed E-state index contributed by atoms with van der Waals surface area (Å²) in [6.07, 6.45) is 0.830. The van der Waals surface area contributed by atoms with Crippen LogP contribution in [-0.4, -0.2) is 56.1 Å². The van der Waals surface area contributed by atoms with Crippen molar-refractivity contribution in [1.29, 1.82) is 0 Å². The van der Waals surface area contributed by atoms with Crippen molar-refractivity contribution in [1.82, 2.24) is 24.9 Å². The van der Waals surface area contributed by atoms with Gasteiger partial charge in [-0.25, -0.2) is 4.79 Å². The van der Waals surface area contributed by atoms with E-state index in [-0.39, 0.29) is 24.4 Å². The van der Waals surface area contributed by atoms with Crippen molar-refractivity contribution in [3.8, 4) is 0 Å². The average molecular weight is 409 g/mol. The number of nitrogens with zero attached hydrogens (tertiary/aromatic N) is 4. The Labute approximate surface area is 175 Å². The van der Waals surface area contributed by atoms with E-state index in [1.54, 1.807) is 9.58 Å². The highest BCUT2D eigenvalue weighted by molar-refractivity contribution is 6.07. The highest BCUT2D eigenvalue weighted by Crippen LogP contribution is 2.31. The number of rotatable bonds is 4. The molecule has 2 aliphatic rings. The van der Waals surface area contributed by atoms with Crippen molar-refractivity contribution in [2.75, 3.05) is 13.1 Å². The normalized spacial score (nSPS) is 19.3. The van der Waals surface area contributed by atoms with E-state index >= 15 is 0 Å². The number of likely N-dealkylation sites (tertiary alicyclic amines) is 1. The lowest BCUT2D eigenvalue weighted by Gasteiger charge is -2.38. The third-order valence-corrected chi connectivity index (χ3v) is 6.13. The minimum absolute atomic E-state index is 0.0195. The maximum absolute atomic E-state index is 13.1. The van der Waals surface area contributed by atoms with E-state index < -0.39 is 11.6 Å². The van der Waals surface area contributed by atoms with Crippen LogP contribution in [0.2, 0.25) is 0 Å². The van der Waals surface area contributed by atoms with Gasteiger partial charge >= 0.3 is 6.03 Å². The fourth-order valence-corrected chi connectivity index (χ4v) is 4.44. The van der Waals surface area contributed by atoms with Gasteiger partial charge in [-0.3, -0.25) is 19.2 Å². The molecule has 1 unspecified atom stereocenters. The van der Waals surface area contributed by atoms with Gasteiger partial charge in [0.15, 0.2) is 0 Å². The highest BCUT2D eigenvalue weighted by Gasteiger charge is 2.52. The maximum Gasteiger partial charge on any atom is 0.325 e. The molecule has 0 radical (unpaired) electrons. The molecule has 2 saturated heterocycles. The number of carbonyl (C=O) groups is 3. The Kier molecular flexibility index (Phi) is 5.09. The van der Waals surface area contributed by atoms with Gasteiger partial charge in [-0.2, -0.15) is 5.10 Å². The zero-order valence-electron chi connectivity index (χ0n) is 17.6. The van der Waals surface area contributed by atoms with Gasteiger partial charge in [0.2, 0.25) is 5.91 Å². The SMILES string of the molecule is Cc1cc(C)n(C(C)C(=O)N2CCC3(CC2)NC(=O)N(Cc2ccccc2)C3=O)n1. The number of aromatic nitrogens is 2. The first kappa shape index (κ1) is 20.1. The van der Waals surface area contributed by atoms with Crippen LogP contribution in [0.15, 0.2) is 36.4 Å². The molecule has 158 valence electrons. The molecule has 0 aliphatic carbocycles. The molecule has 1 aromatic heterocycles. The van der Waals surface area contributed by atoms with Gasteiger partial charge in [-0.05, 0) is 45.2 Å². The third kappa shape index (κ3) is 3.46. The van der Waals surface area contributed by atoms with Gasteiger partial charge in [-0.15, -0.1) is 0 Å². The minimum Gasteiger partial charge on any atom is -0.341 e. The number of benzene rings is 1. The number of imide groups is 1. The highest BCUT2D eigenvalue weighted by atomic mass is 16.2. The van der Waals surface area contributed by atoms with Gasteiger partial charge in [0.25, 0.3) is 5.91 Å². The number of carbonyl (C=O) groups excluding carboxylic acids is 3. The van der Waals surface area contributed by atoms with Crippen LogP contribution in [0.4, 0.5) is 4.79 Å². The van der Waals surface area contributed by atoms with Crippen molar-refractivity contribution in [3.63, 3.8) is 0 Å². The summed E-state index contributed by atoms with van der Waals surface area (Å²) in [6.45, 7) is 6.78. The molecule has 1 aromatic carbocycles. The van der Waals surface area contributed by atoms with Crippen LogP contribution in [0.25, 0.3) is 0 Å². The zero-order valence-corrected chi connectivity index (χ0v) is 17.6. The van der Waals surface area contributed by atoms with E-state index in [2.05, 4.69) is 10.4 Å². The Morgan fingerprint density at radius 1 is 1.17 bits per heavy atom. The lowest BCUT2D eigenvalue weighted by atomic mass is 9.87. The summed E-state index contributed by atoms with van der Waals surface area (Å²) >= 11 is 0. The van der Waals surface area contributed by atoms with E-state index in [0.717, 1.165) is 17.0 Å². The molecule has 2 aromatic rings. The lowest BCUT2D eigenvalue weighted by molar-refractivity contribution is -0.140. The first-order chi connectivity index (χ1) is 14.3. The monoisotopic (exact) mass is 409 g/mol. The predicted octanol–water partition coefficient (Wildman–Crippen LogP) is 2.17. The zero-order chi connectivity index (χ0) is 21.5. The van der Waals surface area contributed by atoms with E-state index in [0.29, 0.717) is 25.9 Å². The smallest absolute Gasteiger partial charge is 0.325 e. The fourth-order valence-electron chi connectivity index (χ4n) is 4.44. The van der Waals surface area contributed by atoms with Crippen LogP contribution >= 0.6 is 0 Å². The summed E-state index contributed by atoms with van der Waals surface area (Å²) in [6, 6.07) is 10.6. The van der Waals surface area contributed by atoms with Gasteiger partial charge in [0.05, 0.1) is 12.2 Å². The summed E-state index contributed by atoms with van der Waals surface area (Å²) in [5.74, 6) is -0.219. The molecule has 8 heteroatoms. The van der Waals surface area contributed by atoms with Crippen molar-refractivity contribution in [2.24, 2.45) is 0 Å². The van der Waals surface area contributed by atoms with Gasteiger partial charge < -0.3 is 10.2 Å². The largest absolute Gasteiger partial charge is 0.341 e. The molecule has 8 nitrogen and oxygen atoms in total. The second kappa shape index (κ2) is 7.59. The number of nitrogens with one attached hydrogen (secondary N) is 1. The van der Waals surface area contributed by atoms with Crippen LogP contribution < -0.4 is 5.32 Å². The van der Waals surface area contributed by atoms with E-state index in [9.17, 15) is 14.4 Å². The molecule has 1 N–H and O–H groups in total. The molecule has 1 spiro atoms. The Hall–Kier alpha value is -3.16. The molecule has 2 aliphatic heterocycles. The molecule has 0 bridgehead atoms. The summed E-state index contributed by atoms with van der Waals surface area (Å²) in [5.41, 5.74) is 1.81. The van der Waals surface area contributed by atoms with Crippen LogP contribution in [-0.2, 0) is 16.1 Å². The number of urea groups is 1. The number of hydrogen-bond donors (Lipinski definition) is 1. The quantitative estimate of drug-likeness (QED) is 0.784. The second-order valence-corrected chi connectivity index (χ2v) is 8.26. The molecule has 1 atom stereocenters. The van der Waals surface area contributed by atoms with Crippen LogP contribution in [0.1, 0.15) is 42.8 Å². The Balaban J connectivity index is 1.42. The topological polar surface area (TPSA) is 87.5 Å². The molecular formula is C22H27N5O3. The van der Waals surface area contributed by atoms with Gasteiger partial charge in [0, 0.05) is 18.8 Å².